The quantitative estimate of drug-likeness (QED) is 0.628. The number of rotatable bonds is 7. The van der Waals surface area contributed by atoms with Crippen LogP contribution in [-0.2, 0) is 21.8 Å². The van der Waals surface area contributed by atoms with Gasteiger partial charge in [-0.1, -0.05) is 24.3 Å². The number of hydrogen-bond acceptors (Lipinski definition) is 5. The van der Waals surface area contributed by atoms with E-state index in [0.717, 1.165) is 10.8 Å². The molecule has 0 amide bonds. The summed E-state index contributed by atoms with van der Waals surface area (Å²) in [7, 11) is 0. The summed E-state index contributed by atoms with van der Waals surface area (Å²) < 4.78 is 19.5. The van der Waals surface area contributed by atoms with Crippen LogP contribution in [0, 0.1) is 0 Å². The van der Waals surface area contributed by atoms with Crippen molar-refractivity contribution in [2.45, 2.75) is 26.2 Å². The topological polar surface area (TPSA) is 62.3 Å². The fraction of sp³-hybridized carbons (Fsp3) is 0.375. The van der Waals surface area contributed by atoms with E-state index in [2.05, 4.69) is 10.1 Å². The zero-order chi connectivity index (χ0) is 15.4. The molecule has 6 heteroatoms. The van der Waals surface area contributed by atoms with Gasteiger partial charge in [-0.05, 0) is 13.8 Å². The number of furan rings is 1. The molecule has 0 bridgehead atoms. The highest BCUT2D eigenvalue weighted by Crippen LogP contribution is 2.36. The van der Waals surface area contributed by atoms with Crippen LogP contribution in [0.25, 0.3) is 10.8 Å². The zero-order valence-electron chi connectivity index (χ0n) is 12.7. The molecule has 0 N–H and O–H groups in total. The number of fused-ring (bicyclic) bond motifs is 1. The Morgan fingerprint density at radius 1 is 1.18 bits per heavy atom. The van der Waals surface area contributed by atoms with E-state index in [0.29, 0.717) is 25.5 Å². The molecule has 0 radical (unpaired) electrons. The fourth-order valence-corrected chi connectivity index (χ4v) is 2.62. The van der Waals surface area contributed by atoms with Crippen LogP contribution >= 0.6 is 0 Å². The maximum absolute atomic E-state index is 5.99. The van der Waals surface area contributed by atoms with Gasteiger partial charge in [-0.15, -0.1) is 0 Å². The largest absolute Gasteiger partial charge is 0.462 e. The van der Waals surface area contributed by atoms with Gasteiger partial charge >= 0.3 is 0 Å². The average Bonchev–Trinajstić information content (AvgIpc) is 3.16. The highest BCUT2D eigenvalue weighted by atomic mass is 16.7. The Kier molecular flexibility index (Phi) is 4.22. The summed E-state index contributed by atoms with van der Waals surface area (Å²) in [4.78, 5) is 3.98. The smallest absolute Gasteiger partial charge is 0.249 e. The first-order chi connectivity index (χ1) is 10.8. The Morgan fingerprint density at radius 2 is 1.95 bits per heavy atom. The summed E-state index contributed by atoms with van der Waals surface area (Å²) in [5.41, 5.74) is 0. The molecule has 3 rings (SSSR count). The molecule has 0 atom stereocenters. The van der Waals surface area contributed by atoms with Crippen molar-refractivity contribution >= 4 is 10.8 Å². The summed E-state index contributed by atoms with van der Waals surface area (Å²) in [5, 5.41) is 6.15. The molecule has 6 nitrogen and oxygen atoms in total. The second-order valence-electron chi connectivity index (χ2n) is 4.86. The molecule has 0 aliphatic carbocycles. The van der Waals surface area contributed by atoms with Crippen LogP contribution in [0.1, 0.15) is 19.6 Å². The molecule has 0 spiro atoms. The van der Waals surface area contributed by atoms with E-state index in [9.17, 15) is 0 Å². The minimum absolute atomic E-state index is 0.367. The Labute approximate surface area is 128 Å². The average molecular weight is 301 g/mol. The Bertz CT molecular complexity index is 715. The summed E-state index contributed by atoms with van der Waals surface area (Å²) in [6, 6.07) is 7.95. The Balaban J connectivity index is 2.10. The maximum Gasteiger partial charge on any atom is 0.249 e. The van der Waals surface area contributed by atoms with Crippen LogP contribution in [0.15, 0.2) is 47.6 Å². The highest BCUT2D eigenvalue weighted by Gasteiger charge is 2.40. The van der Waals surface area contributed by atoms with Gasteiger partial charge in [0, 0.05) is 24.0 Å². The van der Waals surface area contributed by atoms with E-state index in [-0.39, 0.29) is 0 Å². The zero-order valence-corrected chi connectivity index (χ0v) is 12.7. The highest BCUT2D eigenvalue weighted by molar-refractivity contribution is 5.84. The predicted octanol–water partition coefficient (Wildman–Crippen LogP) is 2.95. The van der Waals surface area contributed by atoms with Gasteiger partial charge in [-0.25, -0.2) is 9.67 Å². The van der Waals surface area contributed by atoms with Gasteiger partial charge in [0.15, 0.2) is 5.76 Å². The molecule has 3 aromatic rings. The second kappa shape index (κ2) is 6.29. The molecule has 0 fully saturated rings. The SMILES string of the molecule is CCOC(Cn1cncn1)(OCC)c1occ2ccccc12. The van der Waals surface area contributed by atoms with Crippen LogP contribution in [0.4, 0.5) is 0 Å². The van der Waals surface area contributed by atoms with E-state index in [1.165, 1.54) is 6.33 Å². The lowest BCUT2D eigenvalue weighted by atomic mass is 10.1. The summed E-state index contributed by atoms with van der Waals surface area (Å²) in [6.45, 7) is 5.21. The number of aromatic nitrogens is 3. The first-order valence-electron chi connectivity index (χ1n) is 7.36. The second-order valence-corrected chi connectivity index (χ2v) is 4.86. The van der Waals surface area contributed by atoms with Crippen molar-refractivity contribution in [2.24, 2.45) is 0 Å². The van der Waals surface area contributed by atoms with Crippen LogP contribution in [0.2, 0.25) is 0 Å². The molecule has 0 saturated heterocycles. The molecule has 1 aromatic carbocycles. The lowest BCUT2D eigenvalue weighted by Crippen LogP contribution is -2.38. The Morgan fingerprint density at radius 3 is 2.64 bits per heavy atom. The first kappa shape index (κ1) is 14.7. The minimum atomic E-state index is -1.03. The Hall–Kier alpha value is -2.18. The van der Waals surface area contributed by atoms with Crippen molar-refractivity contribution < 1.29 is 13.9 Å². The molecule has 2 heterocycles. The van der Waals surface area contributed by atoms with Gasteiger partial charge in [0.1, 0.15) is 19.2 Å². The molecular weight excluding hydrogens is 282 g/mol. The van der Waals surface area contributed by atoms with Gasteiger partial charge < -0.3 is 13.9 Å². The standard InChI is InChI=1S/C16H19N3O3/c1-3-21-16(22-4-2,10-19-12-17-11-18-19)15-14-8-6-5-7-13(14)9-20-15/h5-9,11-12H,3-4,10H2,1-2H3. The molecule has 2 aromatic heterocycles. The van der Waals surface area contributed by atoms with Crippen molar-refractivity contribution in [2.75, 3.05) is 13.2 Å². The van der Waals surface area contributed by atoms with Crippen molar-refractivity contribution in [3.8, 4) is 0 Å². The summed E-state index contributed by atoms with van der Waals surface area (Å²) >= 11 is 0. The number of ether oxygens (including phenoxy) is 2. The molecule has 0 unspecified atom stereocenters. The van der Waals surface area contributed by atoms with Gasteiger partial charge in [0.05, 0.1) is 6.26 Å². The van der Waals surface area contributed by atoms with E-state index < -0.39 is 5.79 Å². The van der Waals surface area contributed by atoms with Gasteiger partial charge in [0.2, 0.25) is 5.79 Å². The third-order valence-corrected chi connectivity index (χ3v) is 3.45. The van der Waals surface area contributed by atoms with Crippen LogP contribution in [-0.4, -0.2) is 28.0 Å². The maximum atomic E-state index is 5.99. The minimum Gasteiger partial charge on any atom is -0.462 e. The normalized spacial score (nSPS) is 12.1. The van der Waals surface area contributed by atoms with Crippen molar-refractivity contribution in [1.29, 1.82) is 0 Å². The first-order valence-corrected chi connectivity index (χ1v) is 7.36. The van der Waals surface area contributed by atoms with E-state index >= 15 is 0 Å². The predicted molar refractivity (Wildman–Crippen MR) is 81.2 cm³/mol. The van der Waals surface area contributed by atoms with E-state index in [4.69, 9.17) is 13.9 Å². The summed E-state index contributed by atoms with van der Waals surface area (Å²) in [5.74, 6) is -0.373. The van der Waals surface area contributed by atoms with Crippen LogP contribution < -0.4 is 0 Å². The third-order valence-electron chi connectivity index (χ3n) is 3.45. The molecule has 0 aliphatic heterocycles. The van der Waals surface area contributed by atoms with Crippen molar-refractivity contribution in [3.63, 3.8) is 0 Å². The molecule has 0 saturated carbocycles. The molecule has 116 valence electrons. The number of benzene rings is 1. The lowest BCUT2D eigenvalue weighted by Gasteiger charge is -2.31. The van der Waals surface area contributed by atoms with Crippen LogP contribution in [0.5, 0.6) is 0 Å². The number of hydrogen-bond donors (Lipinski definition) is 0. The van der Waals surface area contributed by atoms with Crippen molar-refractivity contribution in [1.82, 2.24) is 14.8 Å². The van der Waals surface area contributed by atoms with Gasteiger partial charge in [0.25, 0.3) is 0 Å². The molecule has 22 heavy (non-hydrogen) atoms. The summed E-state index contributed by atoms with van der Waals surface area (Å²) in [6.07, 6.45) is 4.85. The molecular formula is C16H19N3O3. The van der Waals surface area contributed by atoms with Crippen molar-refractivity contribution in [3.05, 3.63) is 48.9 Å². The van der Waals surface area contributed by atoms with Gasteiger partial charge in [-0.2, -0.15) is 5.10 Å². The van der Waals surface area contributed by atoms with Gasteiger partial charge in [-0.3, -0.25) is 0 Å². The molecule has 0 aliphatic rings. The fourth-order valence-electron chi connectivity index (χ4n) is 2.62. The monoisotopic (exact) mass is 301 g/mol. The van der Waals surface area contributed by atoms with Crippen LogP contribution in [0.3, 0.4) is 0 Å². The van der Waals surface area contributed by atoms with E-state index in [1.807, 2.05) is 38.1 Å². The number of nitrogens with zero attached hydrogens (tertiary/aromatic N) is 3. The lowest BCUT2D eigenvalue weighted by molar-refractivity contribution is -0.260. The van der Waals surface area contributed by atoms with E-state index in [1.54, 1.807) is 17.3 Å². The third kappa shape index (κ3) is 2.63.